The molecular weight excluding hydrogens is 408 g/mol. The molecule has 4 heterocycles. The fourth-order valence-electron chi connectivity index (χ4n) is 4.78. The van der Waals surface area contributed by atoms with Gasteiger partial charge >= 0.3 is 0 Å². The van der Waals surface area contributed by atoms with Crippen molar-refractivity contribution in [1.82, 2.24) is 19.2 Å². The molecule has 2 aromatic heterocycles. The molecule has 1 amide bonds. The van der Waals surface area contributed by atoms with E-state index in [1.165, 1.54) is 24.8 Å². The maximum Gasteiger partial charge on any atom is 0.274 e. The molecule has 0 N–H and O–H groups in total. The number of rotatable bonds is 5. The Kier molecular flexibility index (Phi) is 5.96. The molecule has 0 spiro atoms. The summed E-state index contributed by atoms with van der Waals surface area (Å²) < 4.78 is 8.22. The van der Waals surface area contributed by atoms with Gasteiger partial charge in [-0.3, -0.25) is 14.1 Å². The Morgan fingerprint density at radius 1 is 1.19 bits per heavy atom. The first-order valence-electron chi connectivity index (χ1n) is 11.4. The first-order valence-corrected chi connectivity index (χ1v) is 12.2. The van der Waals surface area contributed by atoms with E-state index in [2.05, 4.69) is 28.5 Å². The zero-order valence-corrected chi connectivity index (χ0v) is 18.9. The number of aromatic nitrogens is 2. The van der Waals surface area contributed by atoms with E-state index >= 15 is 0 Å². The van der Waals surface area contributed by atoms with Gasteiger partial charge in [0.1, 0.15) is 11.9 Å². The number of likely N-dealkylation sites (tertiary alicyclic amines) is 1. The molecule has 1 fully saturated rings. The van der Waals surface area contributed by atoms with Crippen molar-refractivity contribution < 1.29 is 9.53 Å². The molecule has 0 radical (unpaired) electrons. The lowest BCUT2D eigenvalue weighted by Crippen LogP contribution is -2.36. The Morgan fingerprint density at radius 2 is 1.97 bits per heavy atom. The van der Waals surface area contributed by atoms with Crippen molar-refractivity contribution in [1.29, 1.82) is 0 Å². The molecule has 0 aliphatic carbocycles. The number of hydrogen-bond donors (Lipinski definition) is 0. The van der Waals surface area contributed by atoms with Crippen LogP contribution in [0.5, 0.6) is 5.75 Å². The van der Waals surface area contributed by atoms with Crippen LogP contribution in [0.4, 0.5) is 0 Å². The normalized spacial score (nSPS) is 19.3. The quantitative estimate of drug-likeness (QED) is 0.598. The monoisotopic (exact) mass is 438 g/mol. The van der Waals surface area contributed by atoms with Gasteiger partial charge < -0.3 is 9.64 Å². The highest BCUT2D eigenvalue weighted by Crippen LogP contribution is 2.29. The van der Waals surface area contributed by atoms with Gasteiger partial charge in [0.05, 0.1) is 5.69 Å². The zero-order valence-electron chi connectivity index (χ0n) is 18.1. The minimum Gasteiger partial charge on any atom is -0.488 e. The topological polar surface area (TPSA) is 50.1 Å². The largest absolute Gasteiger partial charge is 0.488 e. The maximum absolute atomic E-state index is 13.4. The summed E-state index contributed by atoms with van der Waals surface area (Å²) in [5, 5.41) is 2.03. The molecule has 164 valence electrons. The summed E-state index contributed by atoms with van der Waals surface area (Å²) in [6, 6.07) is 8.27. The van der Waals surface area contributed by atoms with Gasteiger partial charge in [-0.2, -0.15) is 0 Å². The SMILES string of the molecule is CN(Cc1c(C(=O)N2CCCCCCC2)nc2sccn12)C[C@H]1Cc2ccccc2O1. The van der Waals surface area contributed by atoms with E-state index < -0.39 is 0 Å². The van der Waals surface area contributed by atoms with Gasteiger partial charge in [-0.05, 0) is 31.5 Å². The third kappa shape index (κ3) is 4.34. The molecule has 1 saturated heterocycles. The van der Waals surface area contributed by atoms with Crippen molar-refractivity contribution in [3.8, 4) is 5.75 Å². The number of imidazole rings is 1. The first kappa shape index (κ1) is 20.5. The molecule has 2 aliphatic heterocycles. The summed E-state index contributed by atoms with van der Waals surface area (Å²) in [7, 11) is 2.10. The van der Waals surface area contributed by atoms with E-state index in [1.54, 1.807) is 11.3 Å². The van der Waals surface area contributed by atoms with E-state index in [9.17, 15) is 4.79 Å². The molecule has 0 unspecified atom stereocenters. The number of para-hydroxylation sites is 1. The number of likely N-dealkylation sites (N-methyl/N-ethyl adjacent to an activating group) is 1. The third-order valence-corrected chi connectivity index (χ3v) is 7.11. The van der Waals surface area contributed by atoms with Gasteiger partial charge in [-0.25, -0.2) is 4.98 Å². The average molecular weight is 439 g/mol. The van der Waals surface area contributed by atoms with Gasteiger partial charge in [-0.15, -0.1) is 11.3 Å². The molecule has 2 aliphatic rings. The summed E-state index contributed by atoms with van der Waals surface area (Å²) in [6.45, 7) is 3.16. The minimum atomic E-state index is 0.0886. The number of ether oxygens (including phenoxy) is 1. The van der Waals surface area contributed by atoms with Crippen LogP contribution in [-0.4, -0.2) is 57.9 Å². The Bertz CT molecular complexity index is 1030. The molecule has 0 saturated carbocycles. The fraction of sp³-hybridized carbons (Fsp3) is 0.500. The van der Waals surface area contributed by atoms with Crippen LogP contribution in [0.3, 0.4) is 0 Å². The molecule has 6 nitrogen and oxygen atoms in total. The van der Waals surface area contributed by atoms with E-state index in [0.717, 1.165) is 55.3 Å². The molecule has 0 bridgehead atoms. The predicted octanol–water partition coefficient (Wildman–Crippen LogP) is 4.24. The lowest BCUT2D eigenvalue weighted by molar-refractivity contribution is 0.0734. The van der Waals surface area contributed by atoms with Gasteiger partial charge in [0.2, 0.25) is 0 Å². The molecule has 31 heavy (non-hydrogen) atoms. The number of thiazole rings is 1. The van der Waals surface area contributed by atoms with Crippen molar-refractivity contribution in [2.24, 2.45) is 0 Å². The molecule has 1 aromatic carbocycles. The molecular formula is C24H30N4O2S. The lowest BCUT2D eigenvalue weighted by Gasteiger charge is -2.25. The average Bonchev–Trinajstić information content (AvgIpc) is 3.42. The van der Waals surface area contributed by atoms with Crippen LogP contribution in [0.25, 0.3) is 4.96 Å². The maximum atomic E-state index is 13.4. The second-order valence-corrected chi connectivity index (χ2v) is 9.64. The van der Waals surface area contributed by atoms with Crippen LogP contribution >= 0.6 is 11.3 Å². The molecule has 3 aromatic rings. The lowest BCUT2D eigenvalue weighted by atomic mass is 10.1. The Hall–Kier alpha value is -2.38. The van der Waals surface area contributed by atoms with Crippen molar-refractivity contribution in [3.63, 3.8) is 0 Å². The Balaban J connectivity index is 1.32. The molecule has 1 atom stereocenters. The molecule has 5 rings (SSSR count). The van der Waals surface area contributed by atoms with E-state index in [0.29, 0.717) is 12.2 Å². The number of hydrogen-bond acceptors (Lipinski definition) is 5. The zero-order chi connectivity index (χ0) is 21.2. The van der Waals surface area contributed by atoms with E-state index in [-0.39, 0.29) is 12.0 Å². The van der Waals surface area contributed by atoms with Crippen LogP contribution in [0.15, 0.2) is 35.8 Å². The van der Waals surface area contributed by atoms with Gasteiger partial charge in [0.15, 0.2) is 10.7 Å². The minimum absolute atomic E-state index is 0.0886. The fourth-order valence-corrected chi connectivity index (χ4v) is 5.51. The number of nitrogens with zero attached hydrogens (tertiary/aromatic N) is 4. The number of carbonyl (C=O) groups is 1. The van der Waals surface area contributed by atoms with E-state index in [1.807, 2.05) is 28.6 Å². The van der Waals surface area contributed by atoms with Crippen molar-refractivity contribution in [3.05, 3.63) is 52.8 Å². The summed E-state index contributed by atoms with van der Waals surface area (Å²) in [6.07, 6.45) is 8.98. The highest BCUT2D eigenvalue weighted by Gasteiger charge is 2.27. The summed E-state index contributed by atoms with van der Waals surface area (Å²) in [5.74, 6) is 1.09. The van der Waals surface area contributed by atoms with Crippen molar-refractivity contribution in [2.75, 3.05) is 26.7 Å². The third-order valence-electron chi connectivity index (χ3n) is 6.36. The number of fused-ring (bicyclic) bond motifs is 2. The first-order chi connectivity index (χ1) is 15.2. The summed E-state index contributed by atoms with van der Waals surface area (Å²) in [5.41, 5.74) is 2.88. The smallest absolute Gasteiger partial charge is 0.274 e. The Labute approximate surface area is 187 Å². The summed E-state index contributed by atoms with van der Waals surface area (Å²) in [4.78, 5) is 23.4. The van der Waals surface area contributed by atoms with Crippen LogP contribution in [-0.2, 0) is 13.0 Å². The second kappa shape index (κ2) is 9.01. The summed E-state index contributed by atoms with van der Waals surface area (Å²) >= 11 is 1.58. The number of amides is 1. The number of benzene rings is 1. The van der Waals surface area contributed by atoms with Crippen molar-refractivity contribution in [2.45, 2.75) is 51.2 Å². The van der Waals surface area contributed by atoms with Crippen molar-refractivity contribution >= 4 is 22.2 Å². The second-order valence-electron chi connectivity index (χ2n) is 8.77. The molecule has 7 heteroatoms. The Morgan fingerprint density at radius 3 is 2.77 bits per heavy atom. The van der Waals surface area contributed by atoms with Gasteiger partial charge in [0, 0.05) is 44.2 Å². The standard InChI is InChI=1S/C24H30N4O2S/c1-26(16-19-15-18-9-5-6-10-21(18)30-19)17-20-22(25-24-28(20)13-14-31-24)23(29)27-11-7-3-2-4-8-12-27/h5-6,9-10,13-14,19H,2-4,7-8,11-12,15-17H2,1H3/t19-/m1/s1. The predicted molar refractivity (Wildman–Crippen MR) is 123 cm³/mol. The highest BCUT2D eigenvalue weighted by atomic mass is 32.1. The van der Waals surface area contributed by atoms with Crippen LogP contribution in [0.1, 0.15) is 53.8 Å². The van der Waals surface area contributed by atoms with E-state index in [4.69, 9.17) is 9.72 Å². The van der Waals surface area contributed by atoms with Crippen LogP contribution in [0.2, 0.25) is 0 Å². The number of carbonyl (C=O) groups excluding carboxylic acids is 1. The highest BCUT2D eigenvalue weighted by molar-refractivity contribution is 7.15. The van der Waals surface area contributed by atoms with Crippen LogP contribution in [0, 0.1) is 0 Å². The van der Waals surface area contributed by atoms with Gasteiger partial charge in [0.25, 0.3) is 5.91 Å². The van der Waals surface area contributed by atoms with Gasteiger partial charge in [-0.1, -0.05) is 37.5 Å². The van der Waals surface area contributed by atoms with Crippen LogP contribution < -0.4 is 4.74 Å².